The average Bonchev–Trinajstić information content (AvgIpc) is 2.74. The van der Waals surface area contributed by atoms with Crippen molar-refractivity contribution in [2.75, 3.05) is 5.73 Å². The average molecular weight is 267 g/mol. The Balaban J connectivity index is 0.000000160. The molecule has 0 aliphatic heterocycles. The maximum Gasteiger partial charge on any atom is 0.104 e. The van der Waals surface area contributed by atoms with Gasteiger partial charge in [-0.3, -0.25) is 0 Å². The number of imidazole rings is 1. The monoisotopic (exact) mass is 267 g/mol. The Bertz CT molecular complexity index is 666. The summed E-state index contributed by atoms with van der Waals surface area (Å²) in [5, 5.41) is 0. The van der Waals surface area contributed by atoms with Crippen LogP contribution in [0.15, 0.2) is 36.4 Å². The summed E-state index contributed by atoms with van der Waals surface area (Å²) in [6.45, 7) is 8.20. The van der Waals surface area contributed by atoms with E-state index in [1.807, 2.05) is 38.1 Å². The Morgan fingerprint density at radius 1 is 0.900 bits per heavy atom. The van der Waals surface area contributed by atoms with Gasteiger partial charge in [-0.15, -0.1) is 0 Å². The van der Waals surface area contributed by atoms with E-state index in [0.717, 1.165) is 28.1 Å². The van der Waals surface area contributed by atoms with Gasteiger partial charge in [0, 0.05) is 5.69 Å². The second-order valence-corrected chi connectivity index (χ2v) is 5.13. The molecule has 0 saturated heterocycles. The molecule has 3 nitrogen and oxygen atoms in total. The van der Waals surface area contributed by atoms with Gasteiger partial charge in [0.25, 0.3) is 0 Å². The van der Waals surface area contributed by atoms with E-state index in [4.69, 9.17) is 5.73 Å². The molecular formula is C17H21N3. The molecule has 3 rings (SSSR count). The number of nitrogens with one attached hydrogen (secondary N) is 1. The molecular weight excluding hydrogens is 246 g/mol. The van der Waals surface area contributed by atoms with Crippen LogP contribution >= 0.6 is 0 Å². The van der Waals surface area contributed by atoms with Crippen molar-refractivity contribution in [1.82, 2.24) is 9.97 Å². The smallest absolute Gasteiger partial charge is 0.104 e. The molecule has 0 saturated carbocycles. The zero-order valence-corrected chi connectivity index (χ0v) is 12.5. The third-order valence-corrected chi connectivity index (χ3v) is 3.40. The highest BCUT2D eigenvalue weighted by atomic mass is 14.9. The number of hydrogen-bond donors (Lipinski definition) is 2. The number of aromatic amines is 1. The van der Waals surface area contributed by atoms with Gasteiger partial charge >= 0.3 is 0 Å². The minimum absolute atomic E-state index is 0.868. The number of nitrogen functional groups attached to an aromatic ring is 1. The predicted molar refractivity (Wildman–Crippen MR) is 85.9 cm³/mol. The van der Waals surface area contributed by atoms with E-state index in [9.17, 15) is 0 Å². The molecule has 0 atom stereocenters. The number of H-pyrrole nitrogens is 1. The van der Waals surface area contributed by atoms with Gasteiger partial charge in [-0.2, -0.15) is 0 Å². The third kappa shape index (κ3) is 3.18. The summed E-state index contributed by atoms with van der Waals surface area (Å²) >= 11 is 0. The summed E-state index contributed by atoms with van der Waals surface area (Å²) in [6, 6.07) is 12.1. The second-order valence-electron chi connectivity index (χ2n) is 5.13. The van der Waals surface area contributed by atoms with Crippen molar-refractivity contribution in [2.24, 2.45) is 0 Å². The number of aromatic nitrogens is 2. The second kappa shape index (κ2) is 5.78. The number of nitrogens with two attached hydrogens (primary N) is 1. The van der Waals surface area contributed by atoms with Crippen LogP contribution in [0.5, 0.6) is 0 Å². The number of nitrogens with zero attached hydrogens (tertiary/aromatic N) is 1. The number of aryl methyl sites for hydroxylation is 4. The number of benzene rings is 2. The van der Waals surface area contributed by atoms with E-state index >= 15 is 0 Å². The summed E-state index contributed by atoms with van der Waals surface area (Å²) < 4.78 is 0. The van der Waals surface area contributed by atoms with Crippen LogP contribution in [0, 0.1) is 27.7 Å². The molecule has 0 spiro atoms. The molecule has 20 heavy (non-hydrogen) atoms. The van der Waals surface area contributed by atoms with Gasteiger partial charge in [0.05, 0.1) is 11.0 Å². The summed E-state index contributed by atoms with van der Waals surface area (Å²) in [5.74, 6) is 0.981. The zero-order valence-electron chi connectivity index (χ0n) is 12.5. The minimum Gasteiger partial charge on any atom is -0.399 e. The summed E-state index contributed by atoms with van der Waals surface area (Å²) in [7, 11) is 0. The van der Waals surface area contributed by atoms with Crippen molar-refractivity contribution < 1.29 is 0 Å². The lowest BCUT2D eigenvalue weighted by Crippen LogP contribution is -1.85. The fraction of sp³-hybridized carbons (Fsp3) is 0.235. The molecule has 0 aliphatic rings. The highest BCUT2D eigenvalue weighted by molar-refractivity contribution is 5.76. The largest absolute Gasteiger partial charge is 0.399 e. The fourth-order valence-electron chi connectivity index (χ4n) is 1.98. The van der Waals surface area contributed by atoms with Crippen molar-refractivity contribution in [1.29, 1.82) is 0 Å². The van der Waals surface area contributed by atoms with Gasteiger partial charge in [0.1, 0.15) is 5.82 Å². The zero-order chi connectivity index (χ0) is 14.7. The molecule has 3 aromatic rings. The molecule has 0 fully saturated rings. The van der Waals surface area contributed by atoms with E-state index in [2.05, 4.69) is 35.9 Å². The number of anilines is 1. The van der Waals surface area contributed by atoms with E-state index in [-0.39, 0.29) is 0 Å². The summed E-state index contributed by atoms with van der Waals surface area (Å²) in [6.07, 6.45) is 0. The molecule has 3 heteroatoms. The Hall–Kier alpha value is -2.29. The molecule has 3 N–H and O–H groups in total. The van der Waals surface area contributed by atoms with Crippen LogP contribution < -0.4 is 5.73 Å². The van der Waals surface area contributed by atoms with Crippen molar-refractivity contribution in [3.63, 3.8) is 0 Å². The van der Waals surface area contributed by atoms with E-state index < -0.39 is 0 Å². The normalized spacial score (nSPS) is 10.2. The number of hydrogen-bond acceptors (Lipinski definition) is 2. The Labute approximate surface area is 119 Å². The molecule has 0 bridgehead atoms. The van der Waals surface area contributed by atoms with E-state index in [1.165, 1.54) is 11.1 Å². The summed E-state index contributed by atoms with van der Waals surface area (Å²) in [4.78, 5) is 7.57. The number of rotatable bonds is 0. The first-order chi connectivity index (χ1) is 9.47. The minimum atomic E-state index is 0.868. The van der Waals surface area contributed by atoms with Crippen LogP contribution in [0.25, 0.3) is 11.0 Å². The van der Waals surface area contributed by atoms with Gasteiger partial charge in [0.2, 0.25) is 0 Å². The van der Waals surface area contributed by atoms with E-state index in [0.29, 0.717) is 0 Å². The molecule has 0 amide bonds. The number of fused-ring (bicyclic) bond motifs is 1. The van der Waals surface area contributed by atoms with Crippen molar-refractivity contribution in [3.8, 4) is 0 Å². The fourth-order valence-corrected chi connectivity index (χ4v) is 1.98. The number of para-hydroxylation sites is 1. The van der Waals surface area contributed by atoms with E-state index in [1.54, 1.807) is 0 Å². The van der Waals surface area contributed by atoms with Crippen molar-refractivity contribution >= 4 is 16.7 Å². The van der Waals surface area contributed by atoms with Crippen molar-refractivity contribution in [3.05, 3.63) is 58.9 Å². The maximum absolute atomic E-state index is 5.52. The highest BCUT2D eigenvalue weighted by Gasteiger charge is 2.00. The lowest BCUT2D eigenvalue weighted by molar-refractivity contribution is 1.17. The highest BCUT2D eigenvalue weighted by Crippen LogP contribution is 2.16. The van der Waals surface area contributed by atoms with Crippen LogP contribution in [0.2, 0.25) is 0 Å². The Kier molecular flexibility index (Phi) is 4.08. The third-order valence-electron chi connectivity index (χ3n) is 3.40. The van der Waals surface area contributed by atoms with Gasteiger partial charge in [-0.1, -0.05) is 18.2 Å². The topological polar surface area (TPSA) is 54.7 Å². The molecule has 104 valence electrons. The quantitative estimate of drug-likeness (QED) is 0.603. The maximum atomic E-state index is 5.52. The molecule has 2 aromatic carbocycles. The molecule has 1 aromatic heterocycles. The Morgan fingerprint density at radius 3 is 2.15 bits per heavy atom. The van der Waals surface area contributed by atoms with Crippen LogP contribution in [-0.2, 0) is 0 Å². The first-order valence-corrected chi connectivity index (χ1v) is 6.72. The van der Waals surface area contributed by atoms with Gasteiger partial charge in [0.15, 0.2) is 0 Å². The summed E-state index contributed by atoms with van der Waals surface area (Å²) in [5.41, 5.74) is 12.3. The molecule has 0 aliphatic carbocycles. The lowest BCUT2D eigenvalue weighted by atomic mass is 10.1. The van der Waals surface area contributed by atoms with Crippen LogP contribution in [0.1, 0.15) is 22.5 Å². The molecule has 1 heterocycles. The van der Waals surface area contributed by atoms with Crippen LogP contribution in [-0.4, -0.2) is 9.97 Å². The van der Waals surface area contributed by atoms with Crippen LogP contribution in [0.3, 0.4) is 0 Å². The SMILES string of the molecule is Cc1ccccc1N.Cc1nc2cc(C)c(C)cc2[nH]1. The molecule has 0 unspecified atom stereocenters. The van der Waals surface area contributed by atoms with Gasteiger partial charge in [-0.25, -0.2) is 4.98 Å². The molecule has 0 radical (unpaired) electrons. The van der Waals surface area contributed by atoms with Gasteiger partial charge < -0.3 is 10.7 Å². The Morgan fingerprint density at radius 2 is 1.55 bits per heavy atom. The standard InChI is InChI=1S/C10H12N2.C7H9N/c1-6-4-9-10(5-7(6)2)12-8(3)11-9;1-6-4-2-3-5-7(6)8/h4-5H,1-3H3,(H,11,12);2-5H,8H2,1H3. The first kappa shape index (κ1) is 14.1. The lowest BCUT2D eigenvalue weighted by Gasteiger charge is -1.97. The van der Waals surface area contributed by atoms with Crippen LogP contribution in [0.4, 0.5) is 5.69 Å². The van der Waals surface area contributed by atoms with Gasteiger partial charge in [-0.05, 0) is 62.6 Å². The predicted octanol–water partition coefficient (Wildman–Crippen LogP) is 4.07. The first-order valence-electron chi connectivity index (χ1n) is 6.72. The van der Waals surface area contributed by atoms with Crippen molar-refractivity contribution in [2.45, 2.75) is 27.7 Å².